The number of hydrogen-bond acceptors (Lipinski definition) is 4. The highest BCUT2D eigenvalue weighted by Gasteiger charge is 2.37. The molecule has 128 valence electrons. The summed E-state index contributed by atoms with van der Waals surface area (Å²) in [5.41, 5.74) is 0.103. The quantitative estimate of drug-likeness (QED) is 0.729. The van der Waals surface area contributed by atoms with Crippen molar-refractivity contribution in [3.8, 4) is 11.5 Å². The summed E-state index contributed by atoms with van der Waals surface area (Å²) < 4.78 is 10.6. The third kappa shape index (κ3) is 4.15. The van der Waals surface area contributed by atoms with Crippen molar-refractivity contribution in [1.29, 1.82) is 0 Å². The third-order valence-corrected chi connectivity index (χ3v) is 4.20. The minimum absolute atomic E-state index is 0.0960. The largest absolute Gasteiger partial charge is 0.493 e. The molecular formula is C17H25NO5. The first kappa shape index (κ1) is 18.8. The van der Waals surface area contributed by atoms with Crippen molar-refractivity contribution in [2.75, 3.05) is 20.8 Å². The zero-order valence-corrected chi connectivity index (χ0v) is 14.1. The molecule has 1 amide bonds. The Morgan fingerprint density at radius 3 is 2.22 bits per heavy atom. The molecule has 0 aliphatic heterocycles. The van der Waals surface area contributed by atoms with Gasteiger partial charge in [-0.05, 0) is 30.5 Å². The van der Waals surface area contributed by atoms with Crippen LogP contribution in [0, 0.1) is 0 Å². The zero-order chi connectivity index (χ0) is 17.5. The summed E-state index contributed by atoms with van der Waals surface area (Å²) in [6, 6.07) is 5.44. The molecule has 0 fully saturated rings. The number of rotatable bonds is 9. The number of carbonyl (C=O) groups is 2. The standard InChI is InChI=1S/C17H25NO5/c1-5-17(6-2,16(21)18-10-9-15(19)20)12-7-8-13(22-3)14(11-12)23-4/h7-8,11H,5-6,9-10H2,1-4H3,(H,18,21)(H,19,20). The Hall–Kier alpha value is -2.24. The second-order valence-corrected chi connectivity index (χ2v) is 5.26. The van der Waals surface area contributed by atoms with Gasteiger partial charge in [0.15, 0.2) is 11.5 Å². The fraction of sp³-hybridized carbons (Fsp3) is 0.529. The molecule has 0 saturated heterocycles. The van der Waals surface area contributed by atoms with Gasteiger partial charge in [-0.1, -0.05) is 19.9 Å². The van der Waals surface area contributed by atoms with E-state index in [0.29, 0.717) is 24.3 Å². The van der Waals surface area contributed by atoms with Crippen molar-refractivity contribution in [3.05, 3.63) is 23.8 Å². The second-order valence-electron chi connectivity index (χ2n) is 5.26. The predicted molar refractivity (Wildman–Crippen MR) is 87.1 cm³/mol. The molecule has 0 aliphatic rings. The lowest BCUT2D eigenvalue weighted by Crippen LogP contribution is -2.44. The molecule has 0 saturated carbocycles. The van der Waals surface area contributed by atoms with Crippen molar-refractivity contribution in [2.45, 2.75) is 38.5 Å². The molecular weight excluding hydrogens is 298 g/mol. The molecule has 2 N–H and O–H groups in total. The third-order valence-electron chi connectivity index (χ3n) is 4.20. The molecule has 0 atom stereocenters. The average molecular weight is 323 g/mol. The van der Waals surface area contributed by atoms with Crippen LogP contribution in [0.4, 0.5) is 0 Å². The van der Waals surface area contributed by atoms with Crippen LogP contribution in [0.5, 0.6) is 11.5 Å². The SMILES string of the molecule is CCC(CC)(C(=O)NCCC(=O)O)c1ccc(OC)c(OC)c1. The van der Waals surface area contributed by atoms with Crippen LogP contribution in [-0.4, -0.2) is 37.7 Å². The molecule has 0 heterocycles. The van der Waals surface area contributed by atoms with E-state index in [4.69, 9.17) is 14.6 Å². The van der Waals surface area contributed by atoms with E-state index >= 15 is 0 Å². The van der Waals surface area contributed by atoms with Crippen LogP contribution in [0.15, 0.2) is 18.2 Å². The van der Waals surface area contributed by atoms with Crippen LogP contribution in [0.25, 0.3) is 0 Å². The Balaban J connectivity index is 3.13. The van der Waals surface area contributed by atoms with Crippen molar-refractivity contribution in [1.82, 2.24) is 5.32 Å². The maximum absolute atomic E-state index is 12.7. The maximum atomic E-state index is 12.7. The van der Waals surface area contributed by atoms with Gasteiger partial charge in [-0.25, -0.2) is 0 Å². The molecule has 1 rings (SSSR count). The summed E-state index contributed by atoms with van der Waals surface area (Å²) >= 11 is 0. The molecule has 0 unspecified atom stereocenters. The number of methoxy groups -OCH3 is 2. The Labute approximate surface area is 136 Å². The fourth-order valence-corrected chi connectivity index (χ4v) is 2.70. The normalized spacial score (nSPS) is 11.0. The number of nitrogens with one attached hydrogen (secondary N) is 1. The van der Waals surface area contributed by atoms with Crippen molar-refractivity contribution in [3.63, 3.8) is 0 Å². The molecule has 6 heteroatoms. The fourth-order valence-electron chi connectivity index (χ4n) is 2.70. The van der Waals surface area contributed by atoms with Crippen LogP contribution in [0.3, 0.4) is 0 Å². The van der Waals surface area contributed by atoms with Crippen LogP contribution in [-0.2, 0) is 15.0 Å². The van der Waals surface area contributed by atoms with Crippen molar-refractivity contribution in [2.24, 2.45) is 0 Å². The predicted octanol–water partition coefficient (Wildman–Crippen LogP) is 2.35. The van der Waals surface area contributed by atoms with Gasteiger partial charge in [0.25, 0.3) is 0 Å². The lowest BCUT2D eigenvalue weighted by Gasteiger charge is -2.31. The first-order valence-corrected chi connectivity index (χ1v) is 7.67. The molecule has 23 heavy (non-hydrogen) atoms. The number of hydrogen-bond donors (Lipinski definition) is 2. The molecule has 0 radical (unpaired) electrons. The Morgan fingerprint density at radius 1 is 1.13 bits per heavy atom. The van der Waals surface area contributed by atoms with Gasteiger partial charge in [-0.15, -0.1) is 0 Å². The van der Waals surface area contributed by atoms with Crippen LogP contribution >= 0.6 is 0 Å². The lowest BCUT2D eigenvalue weighted by atomic mass is 9.75. The lowest BCUT2D eigenvalue weighted by molar-refractivity contribution is -0.137. The van der Waals surface area contributed by atoms with Crippen LogP contribution in [0.2, 0.25) is 0 Å². The first-order valence-electron chi connectivity index (χ1n) is 7.67. The average Bonchev–Trinajstić information content (AvgIpc) is 2.55. The summed E-state index contributed by atoms with van der Waals surface area (Å²) in [6.07, 6.45) is 1.09. The van der Waals surface area contributed by atoms with E-state index < -0.39 is 11.4 Å². The summed E-state index contributed by atoms with van der Waals surface area (Å²) in [5, 5.41) is 11.4. The minimum atomic E-state index is -0.935. The van der Waals surface area contributed by atoms with Gasteiger partial charge in [-0.2, -0.15) is 0 Å². The summed E-state index contributed by atoms with van der Waals surface area (Å²) in [5.74, 6) is 0.0595. The maximum Gasteiger partial charge on any atom is 0.305 e. The number of carbonyl (C=O) groups excluding carboxylic acids is 1. The number of aliphatic carboxylic acids is 1. The van der Waals surface area contributed by atoms with E-state index in [0.717, 1.165) is 5.56 Å². The van der Waals surface area contributed by atoms with Crippen molar-refractivity contribution >= 4 is 11.9 Å². The monoisotopic (exact) mass is 323 g/mol. The van der Waals surface area contributed by atoms with Gasteiger partial charge in [0, 0.05) is 6.54 Å². The zero-order valence-electron chi connectivity index (χ0n) is 14.1. The van der Waals surface area contributed by atoms with Gasteiger partial charge < -0.3 is 19.9 Å². The van der Waals surface area contributed by atoms with Gasteiger partial charge in [0.2, 0.25) is 5.91 Å². The topological polar surface area (TPSA) is 84.9 Å². The van der Waals surface area contributed by atoms with Gasteiger partial charge in [0.05, 0.1) is 26.1 Å². The number of carboxylic acid groups (broad SMARTS) is 1. The van der Waals surface area contributed by atoms with Gasteiger partial charge in [0.1, 0.15) is 0 Å². The van der Waals surface area contributed by atoms with Gasteiger partial charge >= 0.3 is 5.97 Å². The van der Waals surface area contributed by atoms with Crippen LogP contribution < -0.4 is 14.8 Å². The highest BCUT2D eigenvalue weighted by atomic mass is 16.5. The van der Waals surface area contributed by atoms with E-state index in [-0.39, 0.29) is 18.9 Å². The molecule has 1 aromatic carbocycles. The van der Waals surface area contributed by atoms with Gasteiger partial charge in [-0.3, -0.25) is 9.59 Å². The summed E-state index contributed by atoms with van der Waals surface area (Å²) in [6.45, 7) is 4.00. The Kier molecular flexibility index (Phi) is 6.88. The number of benzene rings is 1. The molecule has 0 spiro atoms. The summed E-state index contributed by atoms with van der Waals surface area (Å²) in [7, 11) is 3.11. The molecule has 6 nitrogen and oxygen atoms in total. The Morgan fingerprint density at radius 2 is 1.74 bits per heavy atom. The van der Waals surface area contributed by atoms with E-state index in [9.17, 15) is 9.59 Å². The molecule has 1 aromatic rings. The summed E-state index contributed by atoms with van der Waals surface area (Å²) in [4.78, 5) is 23.3. The first-order chi connectivity index (χ1) is 10.9. The minimum Gasteiger partial charge on any atom is -0.493 e. The van der Waals surface area contributed by atoms with E-state index in [2.05, 4.69) is 5.32 Å². The highest BCUT2D eigenvalue weighted by Crippen LogP contribution is 2.37. The number of carboxylic acids is 1. The van der Waals surface area contributed by atoms with E-state index in [1.54, 1.807) is 20.3 Å². The highest BCUT2D eigenvalue weighted by molar-refractivity contribution is 5.88. The van der Waals surface area contributed by atoms with E-state index in [1.165, 1.54) is 0 Å². The van der Waals surface area contributed by atoms with E-state index in [1.807, 2.05) is 26.0 Å². The smallest absolute Gasteiger partial charge is 0.305 e. The Bertz CT molecular complexity index is 552. The van der Waals surface area contributed by atoms with Crippen LogP contribution in [0.1, 0.15) is 38.7 Å². The second kappa shape index (κ2) is 8.41. The van der Waals surface area contributed by atoms with Crippen molar-refractivity contribution < 1.29 is 24.2 Å². The number of amides is 1. The number of ether oxygens (including phenoxy) is 2. The molecule has 0 bridgehead atoms. The molecule has 0 aromatic heterocycles. The molecule has 0 aliphatic carbocycles.